The molecule has 1 amide bonds. The molecule has 2 aromatic rings. The molecule has 0 aliphatic heterocycles. The van der Waals surface area contributed by atoms with Crippen LogP contribution in [0.25, 0.3) is 11.1 Å². The van der Waals surface area contributed by atoms with E-state index in [1.165, 1.54) is 0 Å². The predicted octanol–water partition coefficient (Wildman–Crippen LogP) is 3.53. The molecule has 148 valence electrons. The molecule has 0 fully saturated rings. The Morgan fingerprint density at radius 1 is 1.07 bits per heavy atom. The fourth-order valence-corrected chi connectivity index (χ4v) is 3.70. The average Bonchev–Trinajstić information content (AvgIpc) is 3.03. The van der Waals surface area contributed by atoms with Gasteiger partial charge in [-0.2, -0.15) is 0 Å². The maximum absolute atomic E-state index is 12.3. The van der Waals surface area contributed by atoms with Crippen molar-refractivity contribution in [2.24, 2.45) is 0 Å². The Labute approximate surface area is 164 Å². The minimum atomic E-state index is -1.66. The summed E-state index contributed by atoms with van der Waals surface area (Å²) in [4.78, 5) is 23.4. The molecule has 0 bridgehead atoms. The fraction of sp³-hybridized carbons (Fsp3) is 0.364. The summed E-state index contributed by atoms with van der Waals surface area (Å²) >= 11 is 0. The normalized spacial score (nSPS) is 14.6. The van der Waals surface area contributed by atoms with Crippen LogP contribution in [0.3, 0.4) is 0 Å². The quantitative estimate of drug-likeness (QED) is 0.648. The molecule has 0 saturated heterocycles. The second-order valence-electron chi connectivity index (χ2n) is 7.00. The van der Waals surface area contributed by atoms with Crippen molar-refractivity contribution in [3.8, 4) is 11.1 Å². The lowest BCUT2D eigenvalue weighted by molar-refractivity contribution is -0.148. The van der Waals surface area contributed by atoms with Crippen LogP contribution < -0.4 is 5.32 Å². The van der Waals surface area contributed by atoms with Gasteiger partial charge in [-0.1, -0.05) is 68.3 Å². The van der Waals surface area contributed by atoms with Gasteiger partial charge in [-0.05, 0) is 28.7 Å². The number of hydrogen-bond donors (Lipinski definition) is 3. The lowest BCUT2D eigenvalue weighted by Crippen LogP contribution is -2.47. The second-order valence-corrected chi connectivity index (χ2v) is 7.00. The van der Waals surface area contributed by atoms with Gasteiger partial charge >= 0.3 is 12.1 Å². The highest BCUT2D eigenvalue weighted by Gasteiger charge is 2.30. The number of amides is 1. The van der Waals surface area contributed by atoms with Gasteiger partial charge in [0.1, 0.15) is 6.61 Å². The number of rotatable bonds is 8. The number of aliphatic hydroxyl groups is 1. The number of carboxylic acids is 1. The first-order chi connectivity index (χ1) is 13.5. The van der Waals surface area contributed by atoms with E-state index in [4.69, 9.17) is 9.84 Å². The van der Waals surface area contributed by atoms with Crippen LogP contribution in [-0.4, -0.2) is 41.0 Å². The standard InChI is InChI=1S/C22H25NO5/c1-2-3-12-19(20(24)21(25)26)23-22(27)28-13-18-16-10-6-4-8-14(16)15-9-5-7-11-17(15)18/h4-11,18-20,24H,2-3,12-13H2,1H3,(H,23,27)(H,25,26)/t19-,20-/m0/s1. The summed E-state index contributed by atoms with van der Waals surface area (Å²) in [6, 6.07) is 15.2. The Morgan fingerprint density at radius 2 is 1.64 bits per heavy atom. The highest BCUT2D eigenvalue weighted by molar-refractivity contribution is 5.79. The van der Waals surface area contributed by atoms with Crippen LogP contribution >= 0.6 is 0 Å². The number of carbonyl (C=O) groups excluding carboxylic acids is 1. The van der Waals surface area contributed by atoms with Crippen molar-refractivity contribution in [3.63, 3.8) is 0 Å². The highest BCUT2D eigenvalue weighted by Crippen LogP contribution is 2.44. The van der Waals surface area contributed by atoms with Gasteiger partial charge < -0.3 is 20.3 Å². The maximum Gasteiger partial charge on any atom is 0.407 e. The lowest BCUT2D eigenvalue weighted by atomic mass is 9.98. The maximum atomic E-state index is 12.3. The molecule has 0 spiro atoms. The van der Waals surface area contributed by atoms with E-state index < -0.39 is 24.2 Å². The van der Waals surface area contributed by atoms with Gasteiger partial charge in [0.2, 0.25) is 0 Å². The minimum absolute atomic E-state index is 0.0726. The molecule has 6 heteroatoms. The Balaban J connectivity index is 1.68. The highest BCUT2D eigenvalue weighted by atomic mass is 16.5. The van der Waals surface area contributed by atoms with Crippen molar-refractivity contribution in [2.75, 3.05) is 6.61 Å². The van der Waals surface area contributed by atoms with Crippen molar-refractivity contribution in [3.05, 3.63) is 59.7 Å². The number of benzene rings is 2. The van der Waals surface area contributed by atoms with Gasteiger partial charge in [0.05, 0.1) is 6.04 Å². The summed E-state index contributed by atoms with van der Waals surface area (Å²) in [7, 11) is 0. The molecule has 1 aliphatic rings. The van der Waals surface area contributed by atoms with Gasteiger partial charge in [-0.15, -0.1) is 0 Å². The molecular formula is C22H25NO5. The molecule has 2 aromatic carbocycles. The molecule has 3 rings (SSSR count). The van der Waals surface area contributed by atoms with E-state index in [0.717, 1.165) is 28.7 Å². The molecule has 6 nitrogen and oxygen atoms in total. The molecule has 0 unspecified atom stereocenters. The molecule has 0 saturated carbocycles. The van der Waals surface area contributed by atoms with Crippen molar-refractivity contribution in [1.82, 2.24) is 5.32 Å². The number of aliphatic hydroxyl groups excluding tert-OH is 1. The van der Waals surface area contributed by atoms with Crippen molar-refractivity contribution >= 4 is 12.1 Å². The smallest absolute Gasteiger partial charge is 0.407 e. The third-order valence-electron chi connectivity index (χ3n) is 5.15. The molecular weight excluding hydrogens is 358 g/mol. The van der Waals surface area contributed by atoms with Gasteiger partial charge in [0.15, 0.2) is 6.10 Å². The number of unbranched alkanes of at least 4 members (excludes halogenated alkanes) is 1. The van der Waals surface area contributed by atoms with E-state index in [9.17, 15) is 14.7 Å². The van der Waals surface area contributed by atoms with Crippen LogP contribution in [0.4, 0.5) is 4.79 Å². The zero-order chi connectivity index (χ0) is 20.1. The van der Waals surface area contributed by atoms with Crippen LogP contribution in [0.1, 0.15) is 43.2 Å². The fourth-order valence-electron chi connectivity index (χ4n) is 3.70. The van der Waals surface area contributed by atoms with E-state index >= 15 is 0 Å². The molecule has 0 radical (unpaired) electrons. The summed E-state index contributed by atoms with van der Waals surface area (Å²) < 4.78 is 5.43. The molecule has 28 heavy (non-hydrogen) atoms. The number of fused-ring (bicyclic) bond motifs is 3. The van der Waals surface area contributed by atoms with E-state index in [2.05, 4.69) is 17.4 Å². The van der Waals surface area contributed by atoms with Gasteiger partial charge in [-0.25, -0.2) is 9.59 Å². The zero-order valence-electron chi connectivity index (χ0n) is 15.8. The van der Waals surface area contributed by atoms with Crippen LogP contribution in [0.5, 0.6) is 0 Å². The van der Waals surface area contributed by atoms with Crippen LogP contribution in [0, 0.1) is 0 Å². The Kier molecular flexibility index (Phi) is 6.31. The van der Waals surface area contributed by atoms with Crippen molar-refractivity contribution in [1.29, 1.82) is 0 Å². The summed E-state index contributed by atoms with van der Waals surface area (Å²) in [6.07, 6.45) is -0.488. The first kappa shape index (κ1) is 19.9. The molecule has 0 aromatic heterocycles. The molecule has 2 atom stereocenters. The van der Waals surface area contributed by atoms with Crippen LogP contribution in [-0.2, 0) is 9.53 Å². The number of carboxylic acid groups (broad SMARTS) is 1. The SMILES string of the molecule is CCCC[C@H](NC(=O)OCC1c2ccccc2-c2ccccc21)[C@H](O)C(=O)O. The monoisotopic (exact) mass is 383 g/mol. The number of hydrogen-bond acceptors (Lipinski definition) is 4. The first-order valence-corrected chi connectivity index (χ1v) is 9.55. The van der Waals surface area contributed by atoms with E-state index in [-0.39, 0.29) is 12.5 Å². The number of ether oxygens (including phenoxy) is 1. The zero-order valence-corrected chi connectivity index (χ0v) is 15.8. The number of nitrogens with one attached hydrogen (secondary N) is 1. The second kappa shape index (κ2) is 8.89. The Bertz CT molecular complexity index is 805. The third-order valence-corrected chi connectivity index (χ3v) is 5.15. The van der Waals surface area contributed by atoms with E-state index in [1.54, 1.807) is 0 Å². The molecule has 0 heterocycles. The van der Waals surface area contributed by atoms with Crippen molar-refractivity contribution < 1.29 is 24.5 Å². The molecule has 1 aliphatic carbocycles. The van der Waals surface area contributed by atoms with Gasteiger partial charge in [-0.3, -0.25) is 0 Å². The van der Waals surface area contributed by atoms with Crippen molar-refractivity contribution in [2.45, 2.75) is 44.2 Å². The number of carbonyl (C=O) groups is 2. The predicted molar refractivity (Wildman–Crippen MR) is 105 cm³/mol. The van der Waals surface area contributed by atoms with Crippen LogP contribution in [0.15, 0.2) is 48.5 Å². The number of aliphatic carboxylic acids is 1. The summed E-state index contributed by atoms with van der Waals surface area (Å²) in [5.74, 6) is -1.43. The Hall–Kier alpha value is -2.86. The van der Waals surface area contributed by atoms with E-state index in [1.807, 2.05) is 43.3 Å². The summed E-state index contributed by atoms with van der Waals surface area (Å²) in [6.45, 7) is 2.10. The topological polar surface area (TPSA) is 95.9 Å². The minimum Gasteiger partial charge on any atom is -0.479 e. The molecule has 3 N–H and O–H groups in total. The summed E-state index contributed by atoms with van der Waals surface area (Å²) in [5, 5.41) is 21.4. The van der Waals surface area contributed by atoms with E-state index in [0.29, 0.717) is 12.8 Å². The number of alkyl carbamates (subject to hydrolysis) is 1. The average molecular weight is 383 g/mol. The lowest BCUT2D eigenvalue weighted by Gasteiger charge is -2.22. The van der Waals surface area contributed by atoms with Gasteiger partial charge in [0, 0.05) is 5.92 Å². The first-order valence-electron chi connectivity index (χ1n) is 9.55. The van der Waals surface area contributed by atoms with Gasteiger partial charge in [0.25, 0.3) is 0 Å². The Morgan fingerprint density at radius 3 is 2.18 bits per heavy atom. The summed E-state index contributed by atoms with van der Waals surface area (Å²) in [5.41, 5.74) is 4.47. The van der Waals surface area contributed by atoms with Crippen LogP contribution in [0.2, 0.25) is 0 Å². The third kappa shape index (κ3) is 4.17. The largest absolute Gasteiger partial charge is 0.479 e.